The van der Waals surface area contributed by atoms with E-state index < -0.39 is 0 Å². The highest BCUT2D eigenvalue weighted by Crippen LogP contribution is 1.98. The van der Waals surface area contributed by atoms with Gasteiger partial charge in [0.05, 0.1) is 0 Å². The summed E-state index contributed by atoms with van der Waals surface area (Å²) in [5.41, 5.74) is 1.50. The molecule has 0 aliphatic rings. The first kappa shape index (κ1) is 17.9. The average Bonchev–Trinajstić information content (AvgIpc) is 2.27. The second-order valence-electron chi connectivity index (χ2n) is 3.48. The minimum Gasteiger partial charge on any atom is -0.295 e. The molecule has 0 spiro atoms. The molecule has 17 heavy (non-hydrogen) atoms. The second-order valence-corrected chi connectivity index (χ2v) is 3.48. The van der Waals surface area contributed by atoms with E-state index in [0.717, 1.165) is 5.71 Å². The van der Waals surface area contributed by atoms with Crippen LogP contribution in [0.1, 0.15) is 41.0 Å². The van der Waals surface area contributed by atoms with Gasteiger partial charge in [0, 0.05) is 18.3 Å². The Morgan fingerprint density at radius 1 is 1.18 bits per heavy atom. The van der Waals surface area contributed by atoms with Gasteiger partial charge in [0.25, 0.3) is 0 Å². The van der Waals surface area contributed by atoms with Crippen LogP contribution in [0.3, 0.4) is 0 Å². The van der Waals surface area contributed by atoms with Crippen molar-refractivity contribution in [2.45, 2.75) is 41.0 Å². The number of rotatable bonds is 4. The summed E-state index contributed by atoms with van der Waals surface area (Å²) in [4.78, 5) is 18.8. The first-order valence-electron chi connectivity index (χ1n) is 5.83. The van der Waals surface area contributed by atoms with Crippen LogP contribution in [0.5, 0.6) is 0 Å². The van der Waals surface area contributed by atoms with Gasteiger partial charge in [-0.05, 0) is 32.9 Å². The molecule has 0 amide bonds. The number of hydrogen-bond donors (Lipinski definition) is 0. The molecule has 0 rings (SSSR count). The van der Waals surface area contributed by atoms with E-state index in [4.69, 9.17) is 0 Å². The molecule has 0 fully saturated rings. The molecule has 3 heteroatoms. The van der Waals surface area contributed by atoms with Crippen LogP contribution < -0.4 is 0 Å². The van der Waals surface area contributed by atoms with E-state index in [0.29, 0.717) is 5.57 Å². The molecule has 0 saturated heterocycles. The van der Waals surface area contributed by atoms with E-state index in [1.807, 2.05) is 13.8 Å². The van der Waals surface area contributed by atoms with Crippen molar-refractivity contribution in [1.29, 1.82) is 0 Å². The highest BCUT2D eigenvalue weighted by Gasteiger charge is 1.95. The summed E-state index contributed by atoms with van der Waals surface area (Å²) >= 11 is 0. The lowest BCUT2D eigenvalue weighted by Crippen LogP contribution is -1.93. The number of carbonyl (C=O) groups is 1. The van der Waals surface area contributed by atoms with Crippen LogP contribution in [-0.2, 0) is 4.79 Å². The van der Waals surface area contributed by atoms with E-state index >= 15 is 0 Å². The molecular weight excluding hydrogens is 212 g/mol. The fraction of sp³-hybridized carbons (Fsp3) is 0.500. The third-order valence-corrected chi connectivity index (χ3v) is 1.60. The zero-order chi connectivity index (χ0) is 13.7. The number of ketones is 1. The molecule has 0 bridgehead atoms. The van der Waals surface area contributed by atoms with Crippen molar-refractivity contribution in [2.24, 2.45) is 9.98 Å². The summed E-state index contributed by atoms with van der Waals surface area (Å²) in [7, 11) is 1.66. The van der Waals surface area contributed by atoms with Crippen molar-refractivity contribution in [3.05, 3.63) is 23.8 Å². The maximum absolute atomic E-state index is 11.0. The normalized spacial score (nSPS) is 12.8. The van der Waals surface area contributed by atoms with Crippen LogP contribution in [-0.4, -0.2) is 24.9 Å². The predicted molar refractivity (Wildman–Crippen MR) is 77.1 cm³/mol. The molecule has 0 aromatic rings. The fourth-order valence-corrected chi connectivity index (χ4v) is 0.819. The lowest BCUT2D eigenvalue weighted by atomic mass is 10.1. The van der Waals surface area contributed by atoms with E-state index in [1.54, 1.807) is 32.2 Å². The molecule has 0 saturated carbocycles. The number of carbonyl (C=O) groups excluding carboxylic acids is 1. The fourth-order valence-electron chi connectivity index (χ4n) is 0.819. The maximum atomic E-state index is 11.0. The highest BCUT2D eigenvalue weighted by atomic mass is 16.1. The molecular formula is C14H24N2O. The van der Waals surface area contributed by atoms with Gasteiger partial charge in [-0.2, -0.15) is 0 Å². The van der Waals surface area contributed by atoms with Crippen molar-refractivity contribution in [3.8, 4) is 0 Å². The Morgan fingerprint density at radius 3 is 2.06 bits per heavy atom. The summed E-state index contributed by atoms with van der Waals surface area (Å²) in [6.45, 7) is 9.48. The smallest absolute Gasteiger partial charge is 0.159 e. The Kier molecular flexibility index (Phi) is 13.2. The maximum Gasteiger partial charge on any atom is 0.159 e. The van der Waals surface area contributed by atoms with Crippen LogP contribution in [0.15, 0.2) is 33.8 Å². The van der Waals surface area contributed by atoms with Crippen molar-refractivity contribution < 1.29 is 4.79 Å². The van der Waals surface area contributed by atoms with Gasteiger partial charge in [0.15, 0.2) is 5.78 Å². The van der Waals surface area contributed by atoms with Crippen molar-refractivity contribution in [1.82, 2.24) is 0 Å². The molecule has 0 radical (unpaired) electrons. The first-order chi connectivity index (χ1) is 8.03. The molecule has 0 aliphatic heterocycles. The standard InChI is InChI=1S/C11H16N2O.C3H8/c1-5-11(10(3)14)7-6-9(2)13-8-12-4;1-3-2/h5-8H,1-4H3;3H2,1-2H3/b7-6-,11-5+,12-8?,13-9?;. The van der Waals surface area contributed by atoms with Gasteiger partial charge in [0.2, 0.25) is 0 Å². The van der Waals surface area contributed by atoms with E-state index in [-0.39, 0.29) is 5.78 Å². The lowest BCUT2D eigenvalue weighted by molar-refractivity contribution is -0.113. The van der Waals surface area contributed by atoms with Gasteiger partial charge < -0.3 is 0 Å². The third kappa shape index (κ3) is 12.4. The van der Waals surface area contributed by atoms with E-state index in [9.17, 15) is 4.79 Å². The Bertz CT molecular complexity index is 323. The quantitative estimate of drug-likeness (QED) is 0.318. The second kappa shape index (κ2) is 12.6. The van der Waals surface area contributed by atoms with Crippen molar-refractivity contribution >= 4 is 17.8 Å². The number of allylic oxidation sites excluding steroid dienone is 4. The zero-order valence-electron chi connectivity index (χ0n) is 11.8. The molecule has 0 atom stereocenters. The van der Waals surface area contributed by atoms with Gasteiger partial charge in [0.1, 0.15) is 6.34 Å². The molecule has 3 nitrogen and oxygen atoms in total. The topological polar surface area (TPSA) is 41.8 Å². The van der Waals surface area contributed by atoms with Crippen LogP contribution >= 0.6 is 0 Å². The lowest BCUT2D eigenvalue weighted by Gasteiger charge is -1.93. The van der Waals surface area contributed by atoms with Crippen molar-refractivity contribution in [2.75, 3.05) is 7.05 Å². The molecule has 0 aromatic heterocycles. The van der Waals surface area contributed by atoms with Gasteiger partial charge >= 0.3 is 0 Å². The zero-order valence-corrected chi connectivity index (χ0v) is 11.8. The van der Waals surface area contributed by atoms with Gasteiger partial charge in [-0.15, -0.1) is 0 Å². The molecule has 0 unspecified atom stereocenters. The number of Topliss-reactive ketones (excluding diaryl/α,β-unsaturated/α-hetero) is 1. The molecule has 0 heterocycles. The minimum atomic E-state index is 0.0562. The Morgan fingerprint density at radius 2 is 1.71 bits per heavy atom. The SMILES string of the molecule is C/C=C(\C=C/C(C)=NC=NC)C(C)=O.CCC. The summed E-state index contributed by atoms with van der Waals surface area (Å²) in [6.07, 6.45) is 8.05. The van der Waals surface area contributed by atoms with Crippen LogP contribution in [0, 0.1) is 0 Å². The first-order valence-corrected chi connectivity index (χ1v) is 5.83. The summed E-state index contributed by atoms with van der Waals surface area (Å²) < 4.78 is 0. The number of hydrogen-bond acceptors (Lipinski definition) is 2. The average molecular weight is 236 g/mol. The van der Waals surface area contributed by atoms with Gasteiger partial charge in [-0.25, -0.2) is 4.99 Å². The molecule has 0 aromatic carbocycles. The monoisotopic (exact) mass is 236 g/mol. The molecule has 0 N–H and O–H groups in total. The van der Waals surface area contributed by atoms with Crippen LogP contribution in [0.2, 0.25) is 0 Å². The third-order valence-electron chi connectivity index (χ3n) is 1.60. The van der Waals surface area contributed by atoms with E-state index in [1.165, 1.54) is 12.8 Å². The summed E-state index contributed by atoms with van der Waals surface area (Å²) in [5, 5.41) is 0. The number of nitrogens with zero attached hydrogens (tertiary/aromatic N) is 2. The van der Waals surface area contributed by atoms with Crippen LogP contribution in [0.25, 0.3) is 0 Å². The van der Waals surface area contributed by atoms with Crippen LogP contribution in [0.4, 0.5) is 0 Å². The van der Waals surface area contributed by atoms with Crippen molar-refractivity contribution in [3.63, 3.8) is 0 Å². The minimum absolute atomic E-state index is 0.0562. The van der Waals surface area contributed by atoms with Gasteiger partial charge in [-0.3, -0.25) is 9.79 Å². The Hall–Kier alpha value is -1.51. The molecule has 96 valence electrons. The Balaban J connectivity index is 0. The number of aliphatic imine (C=N–C) groups is 2. The van der Waals surface area contributed by atoms with E-state index in [2.05, 4.69) is 23.8 Å². The molecule has 0 aliphatic carbocycles. The predicted octanol–water partition coefficient (Wildman–Crippen LogP) is 3.61. The summed E-state index contributed by atoms with van der Waals surface area (Å²) in [5.74, 6) is 0.0562. The summed E-state index contributed by atoms with van der Waals surface area (Å²) in [6, 6.07) is 0. The largest absolute Gasteiger partial charge is 0.295 e. The van der Waals surface area contributed by atoms with Gasteiger partial charge in [-0.1, -0.05) is 26.3 Å². The highest BCUT2D eigenvalue weighted by molar-refractivity contribution is 6.01. The Labute approximate surface area is 105 Å².